The van der Waals surface area contributed by atoms with Crippen molar-refractivity contribution in [3.63, 3.8) is 0 Å². The predicted octanol–water partition coefficient (Wildman–Crippen LogP) is 3.07. The molecule has 0 bridgehead atoms. The van der Waals surface area contributed by atoms with E-state index in [4.69, 9.17) is 0 Å². The van der Waals surface area contributed by atoms with Crippen LogP contribution in [0.3, 0.4) is 0 Å². The Morgan fingerprint density at radius 2 is 1.96 bits per heavy atom. The van der Waals surface area contributed by atoms with Gasteiger partial charge in [0.05, 0.1) is 15.9 Å². The van der Waals surface area contributed by atoms with Crippen molar-refractivity contribution in [2.75, 3.05) is 5.32 Å². The molecule has 1 aromatic carbocycles. The summed E-state index contributed by atoms with van der Waals surface area (Å²) in [5, 5.41) is 11.2. The van der Waals surface area contributed by atoms with Crippen LogP contribution in [0.15, 0.2) is 41.0 Å². The molecule has 0 saturated carbocycles. The van der Waals surface area contributed by atoms with Gasteiger partial charge in [0.2, 0.25) is 0 Å². The minimum Gasteiger partial charge on any atom is -0.305 e. The van der Waals surface area contributed by atoms with E-state index in [0.29, 0.717) is 16.0 Å². The molecule has 0 spiro atoms. The van der Waals surface area contributed by atoms with Crippen molar-refractivity contribution in [2.24, 2.45) is 7.05 Å². The molecule has 0 unspecified atom stereocenters. The second-order valence-electron chi connectivity index (χ2n) is 5.01. The number of anilines is 1. The zero-order chi connectivity index (χ0) is 16.6. The summed E-state index contributed by atoms with van der Waals surface area (Å²) < 4.78 is 16.8. The fourth-order valence-electron chi connectivity index (χ4n) is 2.16. The number of hydrogen-bond donors (Lipinski definition) is 1. The molecule has 1 N–H and O–H groups in total. The molecule has 0 fully saturated rings. The maximum absolute atomic E-state index is 13.1. The number of amides is 1. The number of nitrogens with zero attached hydrogens (tertiary/aromatic N) is 4. The van der Waals surface area contributed by atoms with Gasteiger partial charge in [-0.3, -0.25) is 9.48 Å². The average molecular weight is 378 g/mol. The maximum Gasteiger partial charge on any atom is 0.278 e. The van der Waals surface area contributed by atoms with Gasteiger partial charge in [0.1, 0.15) is 11.6 Å². The summed E-state index contributed by atoms with van der Waals surface area (Å²) in [6, 6.07) is 7.60. The summed E-state index contributed by atoms with van der Waals surface area (Å²) in [6.07, 6.45) is 1.69. The molecule has 0 aliphatic heterocycles. The number of nitrogens with one attached hydrogen (secondary N) is 1. The third-order valence-corrected chi connectivity index (χ3v) is 3.72. The van der Waals surface area contributed by atoms with Crippen LogP contribution < -0.4 is 5.32 Å². The standard InChI is InChI=1S/C15H13BrFN5O/c1-9-7-13(18-15(23)14-12(16)8-21(2)20-14)22(19-9)11-5-3-10(17)4-6-11/h3-8H,1-2H3,(H,18,23). The molecular formula is C15H13BrFN5O. The van der Waals surface area contributed by atoms with Gasteiger partial charge in [-0.1, -0.05) is 0 Å². The minimum absolute atomic E-state index is 0.275. The summed E-state index contributed by atoms with van der Waals surface area (Å²) >= 11 is 3.30. The van der Waals surface area contributed by atoms with E-state index < -0.39 is 0 Å². The molecule has 23 heavy (non-hydrogen) atoms. The summed E-state index contributed by atoms with van der Waals surface area (Å²) in [4.78, 5) is 12.4. The van der Waals surface area contributed by atoms with Crippen molar-refractivity contribution in [2.45, 2.75) is 6.92 Å². The number of benzene rings is 1. The molecule has 0 aliphatic rings. The molecule has 2 aromatic heterocycles. The number of rotatable bonds is 3. The normalized spacial score (nSPS) is 10.8. The van der Waals surface area contributed by atoms with Crippen LogP contribution in [0.1, 0.15) is 16.2 Å². The predicted molar refractivity (Wildman–Crippen MR) is 87.1 cm³/mol. The van der Waals surface area contributed by atoms with Crippen molar-refractivity contribution in [1.82, 2.24) is 19.6 Å². The van der Waals surface area contributed by atoms with Crippen molar-refractivity contribution >= 4 is 27.7 Å². The quantitative estimate of drug-likeness (QED) is 0.762. The lowest BCUT2D eigenvalue weighted by Crippen LogP contribution is -2.16. The van der Waals surface area contributed by atoms with E-state index in [0.717, 1.165) is 5.69 Å². The Morgan fingerprint density at radius 1 is 1.26 bits per heavy atom. The van der Waals surface area contributed by atoms with E-state index in [1.165, 1.54) is 12.1 Å². The van der Waals surface area contributed by atoms with E-state index in [1.54, 1.807) is 40.8 Å². The van der Waals surface area contributed by atoms with Gasteiger partial charge in [-0.05, 0) is 47.1 Å². The van der Waals surface area contributed by atoms with Gasteiger partial charge in [-0.2, -0.15) is 10.2 Å². The van der Waals surface area contributed by atoms with Gasteiger partial charge in [0.25, 0.3) is 5.91 Å². The number of halogens is 2. The lowest BCUT2D eigenvalue weighted by Gasteiger charge is -2.08. The van der Waals surface area contributed by atoms with Gasteiger partial charge in [0, 0.05) is 19.3 Å². The third kappa shape index (κ3) is 3.16. The molecule has 118 valence electrons. The first-order chi connectivity index (χ1) is 10.9. The molecule has 1 amide bonds. The zero-order valence-corrected chi connectivity index (χ0v) is 14.0. The zero-order valence-electron chi connectivity index (χ0n) is 12.4. The molecule has 0 saturated heterocycles. The maximum atomic E-state index is 13.1. The number of hydrogen-bond acceptors (Lipinski definition) is 3. The summed E-state index contributed by atoms with van der Waals surface area (Å²) in [5.41, 5.74) is 1.65. The molecular weight excluding hydrogens is 365 g/mol. The van der Waals surface area contributed by atoms with Gasteiger partial charge in [-0.25, -0.2) is 9.07 Å². The molecule has 8 heteroatoms. The largest absolute Gasteiger partial charge is 0.305 e. The molecule has 0 radical (unpaired) electrons. The van der Waals surface area contributed by atoms with E-state index in [-0.39, 0.29) is 17.4 Å². The van der Waals surface area contributed by atoms with E-state index >= 15 is 0 Å². The third-order valence-electron chi connectivity index (χ3n) is 3.14. The van der Waals surface area contributed by atoms with E-state index in [9.17, 15) is 9.18 Å². The second-order valence-corrected chi connectivity index (χ2v) is 5.87. The molecule has 0 aliphatic carbocycles. The van der Waals surface area contributed by atoms with Crippen molar-refractivity contribution in [3.05, 3.63) is 58.2 Å². The van der Waals surface area contributed by atoms with Crippen LogP contribution in [0.25, 0.3) is 5.69 Å². The number of aromatic nitrogens is 4. The highest BCUT2D eigenvalue weighted by Gasteiger charge is 2.17. The van der Waals surface area contributed by atoms with Crippen LogP contribution in [0.5, 0.6) is 0 Å². The number of carbonyl (C=O) groups excluding carboxylic acids is 1. The average Bonchev–Trinajstić information content (AvgIpc) is 3.02. The molecule has 2 heterocycles. The van der Waals surface area contributed by atoms with Crippen molar-refractivity contribution < 1.29 is 9.18 Å². The number of aryl methyl sites for hydroxylation is 2. The molecule has 0 atom stereocenters. The molecule has 6 nitrogen and oxygen atoms in total. The van der Waals surface area contributed by atoms with Crippen LogP contribution >= 0.6 is 15.9 Å². The fraction of sp³-hybridized carbons (Fsp3) is 0.133. The van der Waals surface area contributed by atoms with Gasteiger partial charge >= 0.3 is 0 Å². The highest BCUT2D eigenvalue weighted by atomic mass is 79.9. The van der Waals surface area contributed by atoms with Crippen LogP contribution in [0.4, 0.5) is 10.2 Å². The minimum atomic E-state index is -0.360. The van der Waals surface area contributed by atoms with Gasteiger partial charge in [-0.15, -0.1) is 0 Å². The first-order valence-electron chi connectivity index (χ1n) is 6.77. The molecule has 3 rings (SSSR count). The topological polar surface area (TPSA) is 64.7 Å². The van der Waals surface area contributed by atoms with Gasteiger partial charge < -0.3 is 5.32 Å². The van der Waals surface area contributed by atoms with Gasteiger partial charge in [0.15, 0.2) is 5.69 Å². The Hall–Kier alpha value is -2.48. The number of carbonyl (C=O) groups is 1. The summed E-state index contributed by atoms with van der Waals surface area (Å²) in [7, 11) is 1.73. The Labute approximate surface area is 140 Å². The van der Waals surface area contributed by atoms with Crippen LogP contribution in [0.2, 0.25) is 0 Å². The smallest absolute Gasteiger partial charge is 0.278 e. The lowest BCUT2D eigenvalue weighted by molar-refractivity contribution is 0.102. The Bertz CT molecular complexity index is 869. The Balaban J connectivity index is 1.93. The van der Waals surface area contributed by atoms with E-state index in [2.05, 4.69) is 31.4 Å². The van der Waals surface area contributed by atoms with Crippen molar-refractivity contribution in [1.29, 1.82) is 0 Å². The van der Waals surface area contributed by atoms with Crippen LogP contribution in [-0.2, 0) is 7.05 Å². The highest BCUT2D eigenvalue weighted by molar-refractivity contribution is 9.10. The van der Waals surface area contributed by atoms with Crippen LogP contribution in [-0.4, -0.2) is 25.5 Å². The summed E-state index contributed by atoms with van der Waals surface area (Å²) in [5.74, 6) is -0.210. The SMILES string of the molecule is Cc1cc(NC(=O)c2nn(C)cc2Br)n(-c2ccc(F)cc2)n1. The highest BCUT2D eigenvalue weighted by Crippen LogP contribution is 2.20. The first kappa shape index (κ1) is 15.4. The Morgan fingerprint density at radius 3 is 2.57 bits per heavy atom. The Kier molecular flexibility index (Phi) is 3.99. The van der Waals surface area contributed by atoms with Crippen LogP contribution in [0, 0.1) is 12.7 Å². The van der Waals surface area contributed by atoms with Crippen molar-refractivity contribution in [3.8, 4) is 5.69 Å². The molecule has 3 aromatic rings. The second kappa shape index (κ2) is 5.96. The fourth-order valence-corrected chi connectivity index (χ4v) is 2.71. The lowest BCUT2D eigenvalue weighted by atomic mass is 10.3. The summed E-state index contributed by atoms with van der Waals surface area (Å²) in [6.45, 7) is 1.81. The monoisotopic (exact) mass is 377 g/mol. The van der Waals surface area contributed by atoms with E-state index in [1.807, 2.05) is 6.92 Å². The first-order valence-corrected chi connectivity index (χ1v) is 7.56.